The van der Waals surface area contributed by atoms with Crippen LogP contribution in [0, 0.1) is 0 Å². The molecule has 1 saturated heterocycles. The molecule has 2 aromatic carbocycles. The average Bonchev–Trinajstić information content (AvgIpc) is 2.88. The van der Waals surface area contributed by atoms with Gasteiger partial charge in [-0.05, 0) is 42.8 Å². The highest BCUT2D eigenvalue weighted by molar-refractivity contribution is 9.10. The molecule has 146 valence electrons. The molecule has 28 heavy (non-hydrogen) atoms. The first-order valence-electron chi connectivity index (χ1n) is 8.19. The SMILES string of the molecule is COc1ccc(C2(C)NC(=O)N(CC(=O)Oc3ccc(Br)cc3Cl)C2=O)cc1. The van der Waals surface area contributed by atoms with Crippen LogP contribution < -0.4 is 14.8 Å². The van der Waals surface area contributed by atoms with Gasteiger partial charge in [0.05, 0.1) is 12.1 Å². The topological polar surface area (TPSA) is 84.9 Å². The Labute approximate surface area is 174 Å². The van der Waals surface area contributed by atoms with Crippen LogP contribution in [0.3, 0.4) is 0 Å². The van der Waals surface area contributed by atoms with Gasteiger partial charge in [-0.2, -0.15) is 0 Å². The Hall–Kier alpha value is -2.58. The molecule has 0 bridgehead atoms. The van der Waals surface area contributed by atoms with Gasteiger partial charge in [0.15, 0.2) is 0 Å². The summed E-state index contributed by atoms with van der Waals surface area (Å²) in [5, 5.41) is 2.85. The molecule has 1 aliphatic rings. The van der Waals surface area contributed by atoms with Crippen LogP contribution in [0.5, 0.6) is 11.5 Å². The third-order valence-electron chi connectivity index (χ3n) is 4.35. The number of amides is 3. The van der Waals surface area contributed by atoms with Crippen molar-refractivity contribution in [2.24, 2.45) is 0 Å². The van der Waals surface area contributed by atoms with Crippen molar-refractivity contribution in [2.45, 2.75) is 12.5 Å². The summed E-state index contributed by atoms with van der Waals surface area (Å²) in [6.45, 7) is 1.04. The average molecular weight is 468 g/mol. The van der Waals surface area contributed by atoms with Gasteiger partial charge in [-0.25, -0.2) is 9.59 Å². The Morgan fingerprint density at radius 3 is 2.50 bits per heavy atom. The quantitative estimate of drug-likeness (QED) is 0.413. The maximum atomic E-state index is 12.9. The Kier molecular flexibility index (Phi) is 5.62. The molecule has 0 aliphatic carbocycles. The van der Waals surface area contributed by atoms with E-state index in [0.717, 1.165) is 9.37 Å². The lowest BCUT2D eigenvalue weighted by Gasteiger charge is -2.22. The number of rotatable bonds is 5. The van der Waals surface area contributed by atoms with Crippen molar-refractivity contribution in [1.29, 1.82) is 0 Å². The molecule has 0 radical (unpaired) electrons. The number of carbonyl (C=O) groups is 3. The molecular weight excluding hydrogens is 452 g/mol. The summed E-state index contributed by atoms with van der Waals surface area (Å²) >= 11 is 9.27. The second-order valence-corrected chi connectivity index (χ2v) is 7.55. The van der Waals surface area contributed by atoms with Crippen LogP contribution in [0.1, 0.15) is 12.5 Å². The first-order valence-corrected chi connectivity index (χ1v) is 9.36. The summed E-state index contributed by atoms with van der Waals surface area (Å²) in [6.07, 6.45) is 0. The van der Waals surface area contributed by atoms with Gasteiger partial charge in [-0.15, -0.1) is 0 Å². The van der Waals surface area contributed by atoms with Crippen LogP contribution in [-0.4, -0.2) is 36.5 Å². The van der Waals surface area contributed by atoms with Gasteiger partial charge in [0.1, 0.15) is 23.6 Å². The van der Waals surface area contributed by atoms with Gasteiger partial charge in [0.2, 0.25) is 0 Å². The van der Waals surface area contributed by atoms with Crippen molar-refractivity contribution in [3.05, 3.63) is 57.5 Å². The molecule has 1 heterocycles. The molecule has 3 rings (SSSR count). The third kappa shape index (κ3) is 3.83. The van der Waals surface area contributed by atoms with E-state index >= 15 is 0 Å². The minimum atomic E-state index is -1.29. The number of carbonyl (C=O) groups excluding carboxylic acids is 3. The first-order chi connectivity index (χ1) is 13.2. The van der Waals surface area contributed by atoms with Crippen LogP contribution in [0.2, 0.25) is 5.02 Å². The predicted molar refractivity (Wildman–Crippen MR) is 105 cm³/mol. The zero-order valence-electron chi connectivity index (χ0n) is 15.0. The number of urea groups is 1. The number of halogens is 2. The molecule has 0 aromatic heterocycles. The molecule has 1 N–H and O–H groups in total. The highest BCUT2D eigenvalue weighted by Gasteiger charge is 2.49. The summed E-state index contributed by atoms with van der Waals surface area (Å²) in [6, 6.07) is 10.8. The molecule has 1 aliphatic heterocycles. The third-order valence-corrected chi connectivity index (χ3v) is 5.14. The minimum absolute atomic E-state index is 0.139. The van der Waals surface area contributed by atoms with Gasteiger partial charge >= 0.3 is 12.0 Å². The lowest BCUT2D eigenvalue weighted by Crippen LogP contribution is -2.41. The largest absolute Gasteiger partial charge is 0.497 e. The van der Waals surface area contributed by atoms with Gasteiger partial charge < -0.3 is 14.8 Å². The van der Waals surface area contributed by atoms with Gasteiger partial charge in [-0.1, -0.05) is 39.7 Å². The van der Waals surface area contributed by atoms with E-state index in [0.29, 0.717) is 11.3 Å². The van der Waals surface area contributed by atoms with Crippen molar-refractivity contribution in [2.75, 3.05) is 13.7 Å². The number of hydrogen-bond donors (Lipinski definition) is 1. The Morgan fingerprint density at radius 2 is 1.89 bits per heavy atom. The summed E-state index contributed by atoms with van der Waals surface area (Å²) in [5.74, 6) is -0.580. The number of methoxy groups -OCH3 is 1. The molecule has 0 saturated carbocycles. The summed E-state index contributed by atoms with van der Waals surface area (Å²) in [5.41, 5.74) is -0.725. The minimum Gasteiger partial charge on any atom is -0.497 e. The van der Waals surface area contributed by atoms with Crippen molar-refractivity contribution >= 4 is 45.4 Å². The molecule has 7 nitrogen and oxygen atoms in total. The maximum Gasteiger partial charge on any atom is 0.331 e. The number of nitrogens with one attached hydrogen (secondary N) is 1. The van der Waals surface area contributed by atoms with Crippen LogP contribution in [0.4, 0.5) is 4.79 Å². The van der Waals surface area contributed by atoms with Crippen LogP contribution in [-0.2, 0) is 15.1 Å². The fourth-order valence-corrected chi connectivity index (χ4v) is 3.51. The van der Waals surface area contributed by atoms with Crippen molar-refractivity contribution in [3.63, 3.8) is 0 Å². The summed E-state index contributed by atoms with van der Waals surface area (Å²) in [7, 11) is 1.53. The van der Waals surface area contributed by atoms with E-state index in [1.807, 2.05) is 0 Å². The van der Waals surface area contributed by atoms with Crippen LogP contribution in [0.15, 0.2) is 46.9 Å². The highest BCUT2D eigenvalue weighted by Crippen LogP contribution is 2.31. The fraction of sp³-hybridized carbons (Fsp3) is 0.211. The van der Waals surface area contributed by atoms with E-state index < -0.39 is 30.0 Å². The van der Waals surface area contributed by atoms with E-state index in [1.54, 1.807) is 43.3 Å². The summed E-state index contributed by atoms with van der Waals surface area (Å²) < 4.78 is 11.0. The number of hydrogen-bond acceptors (Lipinski definition) is 5. The van der Waals surface area contributed by atoms with Crippen molar-refractivity contribution in [3.8, 4) is 11.5 Å². The first kappa shape index (κ1) is 20.2. The van der Waals surface area contributed by atoms with E-state index in [-0.39, 0.29) is 10.8 Å². The molecule has 3 amide bonds. The number of imide groups is 1. The fourth-order valence-electron chi connectivity index (χ4n) is 2.80. The Morgan fingerprint density at radius 1 is 1.21 bits per heavy atom. The zero-order chi connectivity index (χ0) is 20.5. The molecule has 2 aromatic rings. The predicted octanol–water partition coefficient (Wildman–Crippen LogP) is 3.48. The number of esters is 1. The lowest BCUT2D eigenvalue weighted by atomic mass is 9.92. The van der Waals surface area contributed by atoms with Crippen LogP contribution in [0.25, 0.3) is 0 Å². The van der Waals surface area contributed by atoms with Crippen molar-refractivity contribution in [1.82, 2.24) is 10.2 Å². The molecular formula is C19H16BrClN2O5. The Bertz CT molecular complexity index is 950. The van der Waals surface area contributed by atoms with E-state index in [2.05, 4.69) is 21.2 Å². The zero-order valence-corrected chi connectivity index (χ0v) is 17.3. The second kappa shape index (κ2) is 7.81. The van der Waals surface area contributed by atoms with Crippen LogP contribution >= 0.6 is 27.5 Å². The molecule has 1 unspecified atom stereocenters. The molecule has 1 atom stereocenters. The normalized spacial score (nSPS) is 18.8. The van der Waals surface area contributed by atoms with E-state index in [4.69, 9.17) is 21.1 Å². The van der Waals surface area contributed by atoms with Crippen molar-refractivity contribution < 1.29 is 23.9 Å². The monoisotopic (exact) mass is 466 g/mol. The maximum absolute atomic E-state index is 12.9. The summed E-state index contributed by atoms with van der Waals surface area (Å²) in [4.78, 5) is 38.3. The highest BCUT2D eigenvalue weighted by atomic mass is 79.9. The molecule has 1 fully saturated rings. The molecule has 9 heteroatoms. The standard InChI is InChI=1S/C19H16BrClN2O5/c1-19(11-3-6-13(27-2)7-4-11)17(25)23(18(26)22-19)10-16(24)28-15-8-5-12(20)9-14(15)21/h3-9H,10H2,1-2H3,(H,22,26). The van der Waals surface area contributed by atoms with Gasteiger partial charge in [0, 0.05) is 4.47 Å². The number of nitrogens with zero attached hydrogens (tertiary/aromatic N) is 1. The smallest absolute Gasteiger partial charge is 0.331 e. The van der Waals surface area contributed by atoms with Gasteiger partial charge in [-0.3, -0.25) is 9.69 Å². The lowest BCUT2D eigenvalue weighted by molar-refractivity contribution is -0.140. The van der Waals surface area contributed by atoms with E-state index in [9.17, 15) is 14.4 Å². The number of ether oxygens (including phenoxy) is 2. The second-order valence-electron chi connectivity index (χ2n) is 6.22. The Balaban J connectivity index is 1.74. The molecule has 0 spiro atoms. The van der Waals surface area contributed by atoms with E-state index in [1.165, 1.54) is 13.2 Å². The number of benzene rings is 2. The van der Waals surface area contributed by atoms with Gasteiger partial charge in [0.25, 0.3) is 5.91 Å².